The Morgan fingerprint density at radius 2 is 2.00 bits per heavy atom. The van der Waals surface area contributed by atoms with Gasteiger partial charge >= 0.3 is 6.61 Å². The number of para-hydroxylation sites is 1. The van der Waals surface area contributed by atoms with E-state index < -0.39 is 6.61 Å². The van der Waals surface area contributed by atoms with E-state index in [1.54, 1.807) is 23.5 Å². The summed E-state index contributed by atoms with van der Waals surface area (Å²) in [5.74, 6) is 0.0696. The molecule has 0 bridgehead atoms. The molecule has 8 heteroatoms. The van der Waals surface area contributed by atoms with Gasteiger partial charge in [0.15, 0.2) is 11.5 Å². The van der Waals surface area contributed by atoms with E-state index in [0.29, 0.717) is 19.4 Å². The summed E-state index contributed by atoms with van der Waals surface area (Å²) in [6.07, 6.45) is 6.10. The summed E-state index contributed by atoms with van der Waals surface area (Å²) in [6, 6.07) is 12.9. The predicted molar refractivity (Wildman–Crippen MR) is 121 cm³/mol. The quantitative estimate of drug-likeness (QED) is 0.465. The highest BCUT2D eigenvalue weighted by Gasteiger charge is 2.32. The Hall–Kier alpha value is -3.00. The van der Waals surface area contributed by atoms with Gasteiger partial charge < -0.3 is 14.8 Å². The van der Waals surface area contributed by atoms with Gasteiger partial charge in [-0.15, -0.1) is 11.3 Å². The standard InChI is InChI=1S/C24H24F2N2O3S/c1-30-19-11-10-15(14-20(19)31-24(25)26)12-13-27-22(29)16-6-2-3-7-17(16)23-28-18-8-4-5-9-21(18)32-23/h2-5,8-11,14,16-17,24H,6-7,12-13H2,1H3,(H,27,29). The van der Waals surface area contributed by atoms with E-state index in [1.807, 2.05) is 30.3 Å². The normalized spacial score (nSPS) is 18.1. The minimum absolute atomic E-state index is 0.0142. The number of nitrogens with zero attached hydrogens (tertiary/aromatic N) is 1. The zero-order valence-electron chi connectivity index (χ0n) is 17.6. The molecule has 0 fully saturated rings. The smallest absolute Gasteiger partial charge is 0.387 e. The van der Waals surface area contributed by atoms with E-state index in [-0.39, 0.29) is 29.2 Å². The first kappa shape index (κ1) is 22.2. The Kier molecular flexibility index (Phi) is 6.99. The molecule has 1 aliphatic carbocycles. The Morgan fingerprint density at radius 3 is 2.78 bits per heavy atom. The number of rotatable bonds is 8. The van der Waals surface area contributed by atoms with Crippen LogP contribution in [0.2, 0.25) is 0 Å². The highest BCUT2D eigenvalue weighted by Crippen LogP contribution is 2.38. The molecule has 2 aromatic carbocycles. The lowest BCUT2D eigenvalue weighted by Crippen LogP contribution is -2.36. The van der Waals surface area contributed by atoms with Crippen LogP contribution in [0, 0.1) is 5.92 Å². The highest BCUT2D eigenvalue weighted by molar-refractivity contribution is 7.18. The lowest BCUT2D eigenvalue weighted by atomic mass is 9.82. The number of allylic oxidation sites excluding steroid dienone is 2. The second-order valence-corrected chi connectivity index (χ2v) is 8.64. The third-order valence-corrected chi connectivity index (χ3v) is 6.72. The molecular formula is C24H24F2N2O3S. The van der Waals surface area contributed by atoms with Gasteiger partial charge in [0, 0.05) is 12.5 Å². The van der Waals surface area contributed by atoms with Crippen LogP contribution < -0.4 is 14.8 Å². The van der Waals surface area contributed by atoms with Gasteiger partial charge in [0.1, 0.15) is 0 Å². The molecule has 0 saturated carbocycles. The summed E-state index contributed by atoms with van der Waals surface area (Å²) >= 11 is 1.64. The van der Waals surface area contributed by atoms with Crippen LogP contribution in [0.25, 0.3) is 10.2 Å². The number of hydrogen-bond donors (Lipinski definition) is 1. The average molecular weight is 459 g/mol. The number of thiazole rings is 1. The van der Waals surface area contributed by atoms with E-state index in [9.17, 15) is 13.6 Å². The van der Waals surface area contributed by atoms with E-state index in [0.717, 1.165) is 27.2 Å². The number of alkyl halides is 2. The third-order valence-electron chi connectivity index (χ3n) is 5.55. The maximum atomic E-state index is 13.0. The zero-order chi connectivity index (χ0) is 22.5. The zero-order valence-corrected chi connectivity index (χ0v) is 18.4. The summed E-state index contributed by atoms with van der Waals surface area (Å²) in [5.41, 5.74) is 1.73. The van der Waals surface area contributed by atoms with Gasteiger partial charge in [0.2, 0.25) is 5.91 Å². The number of aromatic nitrogens is 1. The molecule has 32 heavy (non-hydrogen) atoms. The van der Waals surface area contributed by atoms with Crippen LogP contribution in [0.3, 0.4) is 0 Å². The second-order valence-electron chi connectivity index (χ2n) is 7.58. The minimum Gasteiger partial charge on any atom is -0.493 e. The van der Waals surface area contributed by atoms with Crippen molar-refractivity contribution in [1.82, 2.24) is 10.3 Å². The van der Waals surface area contributed by atoms with E-state index in [4.69, 9.17) is 9.72 Å². The number of methoxy groups -OCH3 is 1. The van der Waals surface area contributed by atoms with Crippen molar-refractivity contribution in [3.05, 3.63) is 65.2 Å². The SMILES string of the molecule is COc1ccc(CCNC(=O)C2CC=CCC2c2nc3ccccc3s2)cc1OC(F)F. The van der Waals surface area contributed by atoms with Crippen molar-refractivity contribution in [2.75, 3.05) is 13.7 Å². The van der Waals surface area contributed by atoms with Crippen molar-refractivity contribution in [2.24, 2.45) is 5.92 Å². The summed E-state index contributed by atoms with van der Waals surface area (Å²) in [5, 5.41) is 3.99. The molecular weight excluding hydrogens is 434 g/mol. The average Bonchev–Trinajstić information content (AvgIpc) is 3.23. The Balaban J connectivity index is 1.40. The van der Waals surface area contributed by atoms with Crippen molar-refractivity contribution in [3.8, 4) is 11.5 Å². The molecule has 1 aliphatic rings. The summed E-state index contributed by atoms with van der Waals surface area (Å²) < 4.78 is 36.0. The topological polar surface area (TPSA) is 60.5 Å². The van der Waals surface area contributed by atoms with Crippen LogP contribution in [0.15, 0.2) is 54.6 Å². The fourth-order valence-electron chi connectivity index (χ4n) is 3.95. The molecule has 1 N–H and O–H groups in total. The Bertz CT molecular complexity index is 1080. The van der Waals surface area contributed by atoms with Crippen molar-refractivity contribution in [3.63, 3.8) is 0 Å². The van der Waals surface area contributed by atoms with Crippen molar-refractivity contribution < 1.29 is 23.0 Å². The van der Waals surface area contributed by atoms with Crippen LogP contribution in [0.1, 0.15) is 29.3 Å². The van der Waals surface area contributed by atoms with Gasteiger partial charge in [-0.05, 0) is 49.1 Å². The highest BCUT2D eigenvalue weighted by atomic mass is 32.1. The molecule has 5 nitrogen and oxygen atoms in total. The molecule has 1 amide bonds. The number of amides is 1. The number of carbonyl (C=O) groups excluding carboxylic acids is 1. The van der Waals surface area contributed by atoms with Crippen molar-refractivity contribution in [2.45, 2.75) is 31.8 Å². The number of fused-ring (bicyclic) bond motifs is 1. The molecule has 1 aromatic heterocycles. The van der Waals surface area contributed by atoms with Crippen LogP contribution >= 0.6 is 11.3 Å². The molecule has 0 radical (unpaired) electrons. The van der Waals surface area contributed by atoms with Gasteiger partial charge in [-0.1, -0.05) is 30.4 Å². The lowest BCUT2D eigenvalue weighted by molar-refractivity contribution is -0.125. The number of nitrogens with one attached hydrogen (secondary N) is 1. The van der Waals surface area contributed by atoms with Crippen molar-refractivity contribution >= 4 is 27.5 Å². The molecule has 3 aromatic rings. The van der Waals surface area contributed by atoms with Gasteiger partial charge in [-0.2, -0.15) is 8.78 Å². The number of hydrogen-bond acceptors (Lipinski definition) is 5. The first-order valence-electron chi connectivity index (χ1n) is 10.4. The summed E-state index contributed by atoms with van der Waals surface area (Å²) in [7, 11) is 1.40. The first-order chi connectivity index (χ1) is 15.5. The van der Waals surface area contributed by atoms with E-state index >= 15 is 0 Å². The van der Waals surface area contributed by atoms with Gasteiger partial charge in [0.05, 0.1) is 28.3 Å². The van der Waals surface area contributed by atoms with Gasteiger partial charge in [-0.25, -0.2) is 4.98 Å². The number of ether oxygens (including phenoxy) is 2. The molecule has 1 heterocycles. The molecule has 168 valence electrons. The van der Waals surface area contributed by atoms with Crippen LogP contribution in [-0.2, 0) is 11.2 Å². The maximum Gasteiger partial charge on any atom is 0.387 e. The number of carbonyl (C=O) groups is 1. The molecule has 2 unspecified atom stereocenters. The third kappa shape index (κ3) is 5.07. The molecule has 2 atom stereocenters. The summed E-state index contributed by atoms with van der Waals surface area (Å²) in [4.78, 5) is 17.8. The van der Waals surface area contributed by atoms with Crippen LogP contribution in [0.4, 0.5) is 8.78 Å². The first-order valence-corrected chi connectivity index (χ1v) is 11.3. The molecule has 0 saturated heterocycles. The minimum atomic E-state index is -2.93. The predicted octanol–water partition coefficient (Wildman–Crippen LogP) is 5.32. The monoisotopic (exact) mass is 458 g/mol. The molecule has 4 rings (SSSR count). The fraction of sp³-hybridized carbons (Fsp3) is 0.333. The van der Waals surface area contributed by atoms with E-state index in [2.05, 4.69) is 16.1 Å². The lowest BCUT2D eigenvalue weighted by Gasteiger charge is -2.26. The largest absolute Gasteiger partial charge is 0.493 e. The number of benzene rings is 2. The van der Waals surface area contributed by atoms with Crippen LogP contribution in [0.5, 0.6) is 11.5 Å². The summed E-state index contributed by atoms with van der Waals surface area (Å²) in [6.45, 7) is -2.54. The number of halogens is 2. The second kappa shape index (κ2) is 10.1. The van der Waals surface area contributed by atoms with E-state index in [1.165, 1.54) is 13.2 Å². The molecule has 0 aliphatic heterocycles. The van der Waals surface area contributed by atoms with Gasteiger partial charge in [-0.3, -0.25) is 4.79 Å². The fourth-order valence-corrected chi connectivity index (χ4v) is 5.10. The van der Waals surface area contributed by atoms with Crippen LogP contribution in [-0.4, -0.2) is 31.2 Å². The Labute approximate surface area is 189 Å². The maximum absolute atomic E-state index is 13.0. The van der Waals surface area contributed by atoms with Gasteiger partial charge in [0.25, 0.3) is 0 Å². The Morgan fingerprint density at radius 1 is 1.19 bits per heavy atom. The molecule has 0 spiro atoms. The van der Waals surface area contributed by atoms with Crippen molar-refractivity contribution in [1.29, 1.82) is 0 Å².